The molecule has 2 fully saturated rings. The van der Waals surface area contributed by atoms with E-state index in [2.05, 4.69) is 4.74 Å². The summed E-state index contributed by atoms with van der Waals surface area (Å²) in [4.78, 5) is 21.2. The molecule has 1 aliphatic heterocycles. The summed E-state index contributed by atoms with van der Waals surface area (Å²) in [5.41, 5.74) is -0.653. The van der Waals surface area contributed by atoms with Crippen LogP contribution >= 0.6 is 0 Å². The van der Waals surface area contributed by atoms with E-state index in [4.69, 9.17) is 0 Å². The van der Waals surface area contributed by atoms with Crippen molar-refractivity contribution in [3.63, 3.8) is 0 Å². The van der Waals surface area contributed by atoms with Crippen molar-refractivity contribution < 1.29 is 14.3 Å². The highest BCUT2D eigenvalue weighted by Crippen LogP contribution is 2.58. The van der Waals surface area contributed by atoms with Gasteiger partial charge in [-0.1, -0.05) is 6.92 Å². The number of carbonyl (C=O) groups excluding carboxylic acids is 2. The summed E-state index contributed by atoms with van der Waals surface area (Å²) >= 11 is 0. The fourth-order valence-electron chi connectivity index (χ4n) is 1.30. The number of hydrogen-bond acceptors (Lipinski definition) is 3. The molecule has 0 aromatic heterocycles. The largest absolute Gasteiger partial charge is 0.391 e. The molecule has 2 aliphatic rings. The molecular formula is C6H6O3. The summed E-state index contributed by atoms with van der Waals surface area (Å²) in [5.74, 6) is -0.411. The van der Waals surface area contributed by atoms with E-state index < -0.39 is 5.41 Å². The highest BCUT2D eigenvalue weighted by Gasteiger charge is 2.73. The van der Waals surface area contributed by atoms with Gasteiger partial charge in [-0.05, 0) is 12.3 Å². The molecule has 1 unspecified atom stereocenters. The molecule has 2 rings (SSSR count). The Morgan fingerprint density at radius 1 is 1.56 bits per heavy atom. The van der Waals surface area contributed by atoms with Gasteiger partial charge in [0.2, 0.25) is 0 Å². The SMILES string of the molecule is CC1CC12C(=O)OC2=O. The van der Waals surface area contributed by atoms with Crippen LogP contribution in [0.5, 0.6) is 0 Å². The molecule has 0 bridgehead atoms. The van der Waals surface area contributed by atoms with Crippen LogP contribution in [-0.4, -0.2) is 11.9 Å². The highest BCUT2D eigenvalue weighted by molar-refractivity contribution is 6.16. The van der Waals surface area contributed by atoms with Crippen LogP contribution in [0.3, 0.4) is 0 Å². The molecule has 3 heteroatoms. The van der Waals surface area contributed by atoms with E-state index in [-0.39, 0.29) is 17.9 Å². The second-order valence-corrected chi connectivity index (χ2v) is 2.75. The maximum atomic E-state index is 10.6. The smallest absolute Gasteiger partial charge is 0.331 e. The first-order valence-electron chi connectivity index (χ1n) is 2.94. The van der Waals surface area contributed by atoms with Crippen LogP contribution in [0, 0.1) is 11.3 Å². The third kappa shape index (κ3) is 0.324. The van der Waals surface area contributed by atoms with Gasteiger partial charge in [0.15, 0.2) is 5.41 Å². The van der Waals surface area contributed by atoms with E-state index in [0.717, 1.165) is 0 Å². The number of hydrogen-bond donors (Lipinski definition) is 0. The Morgan fingerprint density at radius 3 is 2.11 bits per heavy atom. The molecule has 48 valence electrons. The van der Waals surface area contributed by atoms with Gasteiger partial charge >= 0.3 is 11.9 Å². The average Bonchev–Trinajstić information content (AvgIpc) is 2.46. The lowest BCUT2D eigenvalue weighted by Crippen LogP contribution is -2.44. The maximum absolute atomic E-state index is 10.6. The zero-order valence-corrected chi connectivity index (χ0v) is 5.01. The first kappa shape index (κ1) is 4.97. The van der Waals surface area contributed by atoms with Crippen LogP contribution in [0.4, 0.5) is 0 Å². The lowest BCUT2D eigenvalue weighted by Gasteiger charge is -2.21. The third-order valence-electron chi connectivity index (χ3n) is 2.22. The fourth-order valence-corrected chi connectivity index (χ4v) is 1.30. The molecule has 9 heavy (non-hydrogen) atoms. The van der Waals surface area contributed by atoms with Gasteiger partial charge in [-0.3, -0.25) is 9.59 Å². The third-order valence-corrected chi connectivity index (χ3v) is 2.22. The summed E-state index contributed by atoms with van der Waals surface area (Å²) in [7, 11) is 0. The molecule has 0 aromatic rings. The predicted octanol–water partition coefficient (Wildman–Crippen LogP) is 0.0960. The van der Waals surface area contributed by atoms with Gasteiger partial charge in [-0.15, -0.1) is 0 Å². The molecule has 1 saturated heterocycles. The Labute approximate surface area is 52.0 Å². The molecule has 1 aliphatic carbocycles. The zero-order chi connectivity index (χ0) is 6.65. The number of rotatable bonds is 0. The summed E-state index contributed by atoms with van der Waals surface area (Å²) in [6.45, 7) is 1.89. The van der Waals surface area contributed by atoms with Crippen molar-refractivity contribution in [2.24, 2.45) is 11.3 Å². The second-order valence-electron chi connectivity index (χ2n) is 2.75. The second kappa shape index (κ2) is 1.03. The summed E-state index contributed by atoms with van der Waals surface area (Å²) in [6.07, 6.45) is 0.699. The number of cyclic esters (lactones) is 2. The van der Waals surface area contributed by atoms with Gasteiger partial charge in [-0.2, -0.15) is 0 Å². The normalized spacial score (nSPS) is 35.9. The van der Waals surface area contributed by atoms with E-state index in [9.17, 15) is 9.59 Å². The van der Waals surface area contributed by atoms with Crippen molar-refractivity contribution >= 4 is 11.9 Å². The number of ether oxygens (including phenoxy) is 1. The van der Waals surface area contributed by atoms with Gasteiger partial charge in [0.1, 0.15) is 0 Å². The zero-order valence-electron chi connectivity index (χ0n) is 5.01. The van der Waals surface area contributed by atoms with Gasteiger partial charge in [-0.25, -0.2) is 0 Å². The fraction of sp³-hybridized carbons (Fsp3) is 0.667. The lowest BCUT2D eigenvalue weighted by atomic mass is 10.0. The van der Waals surface area contributed by atoms with Crippen molar-refractivity contribution in [2.45, 2.75) is 13.3 Å². The predicted molar refractivity (Wildman–Crippen MR) is 27.3 cm³/mol. The van der Waals surface area contributed by atoms with Gasteiger partial charge in [0, 0.05) is 0 Å². The van der Waals surface area contributed by atoms with Crippen molar-refractivity contribution in [1.82, 2.24) is 0 Å². The van der Waals surface area contributed by atoms with Crippen LogP contribution in [-0.2, 0) is 14.3 Å². The van der Waals surface area contributed by atoms with Crippen molar-refractivity contribution in [3.8, 4) is 0 Å². The molecule has 1 atom stereocenters. The summed E-state index contributed by atoms with van der Waals surface area (Å²) < 4.78 is 4.21. The Hall–Kier alpha value is -0.860. The minimum absolute atomic E-state index is 0.228. The molecule has 0 N–H and O–H groups in total. The monoisotopic (exact) mass is 126 g/mol. The summed E-state index contributed by atoms with van der Waals surface area (Å²) in [5, 5.41) is 0. The van der Waals surface area contributed by atoms with E-state index >= 15 is 0 Å². The van der Waals surface area contributed by atoms with Crippen LogP contribution in [0.15, 0.2) is 0 Å². The molecule has 3 nitrogen and oxygen atoms in total. The van der Waals surface area contributed by atoms with E-state index in [1.54, 1.807) is 0 Å². The van der Waals surface area contributed by atoms with E-state index in [0.29, 0.717) is 6.42 Å². The number of carbonyl (C=O) groups is 2. The van der Waals surface area contributed by atoms with Crippen LogP contribution < -0.4 is 0 Å². The van der Waals surface area contributed by atoms with Crippen molar-refractivity contribution in [2.75, 3.05) is 0 Å². The van der Waals surface area contributed by atoms with Crippen LogP contribution in [0.25, 0.3) is 0 Å². The van der Waals surface area contributed by atoms with Crippen molar-refractivity contribution in [3.05, 3.63) is 0 Å². The Bertz CT molecular complexity index is 192. The van der Waals surface area contributed by atoms with E-state index in [1.807, 2.05) is 6.92 Å². The average molecular weight is 126 g/mol. The molecule has 0 aromatic carbocycles. The van der Waals surface area contributed by atoms with Crippen LogP contribution in [0.1, 0.15) is 13.3 Å². The maximum Gasteiger partial charge on any atom is 0.331 e. The number of esters is 2. The standard InChI is InChI=1S/C6H6O3/c1-3-2-6(3)4(7)9-5(6)8/h3H,2H2,1H3. The molecule has 0 radical (unpaired) electrons. The first-order chi connectivity index (χ1) is 4.18. The molecule has 0 amide bonds. The topological polar surface area (TPSA) is 43.4 Å². The summed E-state index contributed by atoms with van der Waals surface area (Å²) in [6, 6.07) is 0. The Kier molecular flexibility index (Phi) is 0.570. The minimum Gasteiger partial charge on any atom is -0.391 e. The molecule has 1 spiro atoms. The van der Waals surface area contributed by atoms with Crippen molar-refractivity contribution in [1.29, 1.82) is 0 Å². The Morgan fingerprint density at radius 2 is 2.00 bits per heavy atom. The molecule has 1 heterocycles. The molecule has 1 saturated carbocycles. The highest BCUT2D eigenvalue weighted by atomic mass is 16.6. The van der Waals surface area contributed by atoms with Gasteiger partial charge in [0.05, 0.1) is 0 Å². The van der Waals surface area contributed by atoms with Gasteiger partial charge in [0.25, 0.3) is 0 Å². The first-order valence-corrected chi connectivity index (χ1v) is 2.94. The molecular weight excluding hydrogens is 120 g/mol. The minimum atomic E-state index is -0.653. The lowest BCUT2D eigenvalue weighted by molar-refractivity contribution is -0.187. The quantitative estimate of drug-likeness (QED) is 0.341. The van der Waals surface area contributed by atoms with E-state index in [1.165, 1.54) is 0 Å². The van der Waals surface area contributed by atoms with Gasteiger partial charge < -0.3 is 4.74 Å². The van der Waals surface area contributed by atoms with Crippen LogP contribution in [0.2, 0.25) is 0 Å². The Balaban J connectivity index is 2.30.